The number of aldehydes is 1. The average Bonchev–Trinajstić information content (AvgIpc) is 3.72. The number of rotatable bonds is 8. The number of hydrogen-bond acceptors (Lipinski definition) is 5. The topological polar surface area (TPSA) is 92.8 Å². The first-order valence-electron chi connectivity index (χ1n) is 10.7. The average molecular weight is 436 g/mol. The van der Waals surface area contributed by atoms with Crippen molar-refractivity contribution in [2.75, 3.05) is 14.2 Å². The molecule has 4 rings (SSSR count). The molecule has 0 amide bonds. The number of hydrogen-bond donors (Lipinski definition) is 3. The van der Waals surface area contributed by atoms with Gasteiger partial charge in [-0.05, 0) is 64.8 Å². The maximum absolute atomic E-state index is 10.9. The second kappa shape index (κ2) is 13.4. The third-order valence-electron chi connectivity index (χ3n) is 5.23. The zero-order valence-corrected chi connectivity index (χ0v) is 18.8. The minimum Gasteiger partial charge on any atom is -0.489 e. The second-order valence-corrected chi connectivity index (χ2v) is 7.41. The fraction of sp³-hybridized carbons (Fsp3) is 0.296. The lowest BCUT2D eigenvalue weighted by molar-refractivity contribution is -0.107. The Morgan fingerprint density at radius 1 is 0.906 bits per heavy atom. The Balaban J connectivity index is 0.000000860. The number of benzene rings is 3. The Morgan fingerprint density at radius 3 is 2.31 bits per heavy atom. The SMILES string of the molecule is CO.CO.NCc1cccc(-c2cc(COc3ccccc3CC=O)cc(C3CC3)c2)c1. The lowest BCUT2D eigenvalue weighted by Gasteiger charge is -2.13. The van der Waals surface area contributed by atoms with Crippen molar-refractivity contribution in [3.63, 3.8) is 0 Å². The number of ether oxygens (including phenoxy) is 1. The summed E-state index contributed by atoms with van der Waals surface area (Å²) in [6, 6.07) is 22.9. The first-order valence-corrected chi connectivity index (χ1v) is 10.7. The molecule has 1 fully saturated rings. The molecule has 0 radical (unpaired) electrons. The van der Waals surface area contributed by atoms with E-state index in [1.165, 1.54) is 29.5 Å². The Kier molecular flexibility index (Phi) is 10.6. The molecular formula is C27H33NO4. The normalized spacial score (nSPS) is 12.0. The van der Waals surface area contributed by atoms with Gasteiger partial charge in [-0.3, -0.25) is 0 Å². The van der Waals surface area contributed by atoms with E-state index in [0.29, 0.717) is 25.5 Å². The minimum absolute atomic E-state index is 0.370. The third kappa shape index (κ3) is 7.02. The van der Waals surface area contributed by atoms with Crippen LogP contribution in [0.5, 0.6) is 5.75 Å². The second-order valence-electron chi connectivity index (χ2n) is 7.41. The summed E-state index contributed by atoms with van der Waals surface area (Å²) in [7, 11) is 2.00. The van der Waals surface area contributed by atoms with Crippen LogP contribution in [0.1, 0.15) is 41.0 Å². The van der Waals surface area contributed by atoms with E-state index < -0.39 is 0 Å². The first-order chi connectivity index (χ1) is 15.8. The van der Waals surface area contributed by atoms with E-state index in [1.807, 2.05) is 24.3 Å². The molecule has 0 unspecified atom stereocenters. The minimum atomic E-state index is 0.370. The molecule has 0 atom stereocenters. The van der Waals surface area contributed by atoms with Gasteiger partial charge >= 0.3 is 0 Å². The maximum Gasteiger partial charge on any atom is 0.124 e. The van der Waals surface area contributed by atoms with Crippen molar-refractivity contribution in [1.29, 1.82) is 0 Å². The third-order valence-corrected chi connectivity index (χ3v) is 5.23. The van der Waals surface area contributed by atoms with Crippen molar-refractivity contribution in [2.45, 2.75) is 38.3 Å². The van der Waals surface area contributed by atoms with Gasteiger partial charge in [0.05, 0.1) is 0 Å². The molecule has 0 aromatic heterocycles. The summed E-state index contributed by atoms with van der Waals surface area (Å²) >= 11 is 0. The molecule has 0 heterocycles. The summed E-state index contributed by atoms with van der Waals surface area (Å²) in [5.74, 6) is 1.44. The van der Waals surface area contributed by atoms with Gasteiger partial charge < -0.3 is 25.5 Å². The summed E-state index contributed by atoms with van der Waals surface area (Å²) in [6.07, 6.45) is 3.80. The molecule has 5 nitrogen and oxygen atoms in total. The largest absolute Gasteiger partial charge is 0.489 e. The van der Waals surface area contributed by atoms with Gasteiger partial charge in [-0.2, -0.15) is 0 Å². The van der Waals surface area contributed by atoms with E-state index in [1.54, 1.807) is 0 Å². The molecule has 5 heteroatoms. The summed E-state index contributed by atoms with van der Waals surface area (Å²) in [4.78, 5) is 10.9. The van der Waals surface area contributed by atoms with Crippen molar-refractivity contribution in [3.8, 4) is 16.9 Å². The van der Waals surface area contributed by atoms with Gasteiger partial charge in [0.1, 0.15) is 18.6 Å². The van der Waals surface area contributed by atoms with E-state index in [0.717, 1.165) is 42.9 Å². The predicted octanol–water partition coefficient (Wildman–Crippen LogP) is 4.23. The summed E-state index contributed by atoms with van der Waals surface area (Å²) in [5.41, 5.74) is 12.8. The zero-order chi connectivity index (χ0) is 23.3. The highest BCUT2D eigenvalue weighted by Crippen LogP contribution is 2.42. The highest BCUT2D eigenvalue weighted by atomic mass is 16.5. The highest BCUT2D eigenvalue weighted by molar-refractivity contribution is 5.66. The molecule has 32 heavy (non-hydrogen) atoms. The van der Waals surface area contributed by atoms with Crippen molar-refractivity contribution < 1.29 is 19.7 Å². The molecule has 0 spiro atoms. The van der Waals surface area contributed by atoms with Crippen molar-refractivity contribution in [2.24, 2.45) is 5.73 Å². The first kappa shape index (κ1) is 25.3. The lowest BCUT2D eigenvalue weighted by Crippen LogP contribution is -2.01. The molecule has 0 saturated heterocycles. The fourth-order valence-corrected chi connectivity index (χ4v) is 3.56. The molecule has 4 N–H and O–H groups in total. The van der Waals surface area contributed by atoms with Crippen LogP contribution in [-0.2, 0) is 24.4 Å². The van der Waals surface area contributed by atoms with Crippen LogP contribution < -0.4 is 10.5 Å². The summed E-state index contributed by atoms with van der Waals surface area (Å²) in [6.45, 7) is 1.03. The van der Waals surface area contributed by atoms with E-state index in [-0.39, 0.29) is 0 Å². The Morgan fingerprint density at radius 2 is 1.62 bits per heavy atom. The molecule has 3 aromatic carbocycles. The Bertz CT molecular complexity index is 983. The van der Waals surface area contributed by atoms with Gasteiger partial charge in [0.25, 0.3) is 0 Å². The van der Waals surface area contributed by atoms with Crippen molar-refractivity contribution >= 4 is 6.29 Å². The van der Waals surface area contributed by atoms with Gasteiger partial charge in [0.2, 0.25) is 0 Å². The van der Waals surface area contributed by atoms with Crippen LogP contribution in [-0.4, -0.2) is 30.7 Å². The summed E-state index contributed by atoms with van der Waals surface area (Å²) in [5, 5.41) is 14.0. The Labute approximate surface area is 190 Å². The van der Waals surface area contributed by atoms with Gasteiger partial charge in [-0.25, -0.2) is 0 Å². The molecule has 1 aliphatic rings. The molecule has 3 aromatic rings. The molecule has 0 aliphatic heterocycles. The smallest absolute Gasteiger partial charge is 0.124 e. The van der Waals surface area contributed by atoms with Gasteiger partial charge in [-0.15, -0.1) is 0 Å². The quantitative estimate of drug-likeness (QED) is 0.461. The summed E-state index contributed by atoms with van der Waals surface area (Å²) < 4.78 is 6.09. The van der Waals surface area contributed by atoms with Crippen LogP contribution in [0.15, 0.2) is 66.7 Å². The standard InChI is InChI=1S/C25H25NO2.2CH4O/c26-16-18-4-3-6-22(12-18)24-14-19(13-23(15-24)20-8-9-20)17-28-25-7-2-1-5-21(25)10-11-27;2*1-2/h1-7,11-15,20H,8-10,16-17,26H2;2*2H,1H3. The fourth-order valence-electron chi connectivity index (χ4n) is 3.56. The van der Waals surface area contributed by atoms with Crippen LogP contribution in [0.25, 0.3) is 11.1 Å². The molecular weight excluding hydrogens is 402 g/mol. The molecule has 0 bridgehead atoms. The predicted molar refractivity (Wildman–Crippen MR) is 129 cm³/mol. The maximum atomic E-state index is 10.9. The number of para-hydroxylation sites is 1. The number of aliphatic hydroxyl groups is 2. The van der Waals surface area contributed by atoms with E-state index >= 15 is 0 Å². The van der Waals surface area contributed by atoms with Crippen molar-refractivity contribution in [1.82, 2.24) is 0 Å². The number of carbonyl (C=O) groups excluding carboxylic acids is 1. The van der Waals surface area contributed by atoms with E-state index in [9.17, 15) is 4.79 Å². The number of carbonyl (C=O) groups is 1. The number of aliphatic hydroxyl groups excluding tert-OH is 2. The monoisotopic (exact) mass is 435 g/mol. The van der Waals surface area contributed by atoms with E-state index in [2.05, 4.69) is 42.5 Å². The molecule has 170 valence electrons. The van der Waals surface area contributed by atoms with Crippen LogP contribution in [0, 0.1) is 0 Å². The zero-order valence-electron chi connectivity index (χ0n) is 18.8. The van der Waals surface area contributed by atoms with Gasteiger partial charge in [0, 0.05) is 32.7 Å². The van der Waals surface area contributed by atoms with Gasteiger partial charge in [-0.1, -0.05) is 48.5 Å². The van der Waals surface area contributed by atoms with Crippen LogP contribution in [0.3, 0.4) is 0 Å². The van der Waals surface area contributed by atoms with Crippen molar-refractivity contribution in [3.05, 3.63) is 89.0 Å². The van der Waals surface area contributed by atoms with E-state index in [4.69, 9.17) is 20.7 Å². The molecule has 1 saturated carbocycles. The number of nitrogens with two attached hydrogens (primary N) is 1. The van der Waals surface area contributed by atoms with Crippen LogP contribution >= 0.6 is 0 Å². The molecule has 1 aliphatic carbocycles. The Hall–Kier alpha value is -2.99. The highest BCUT2D eigenvalue weighted by Gasteiger charge is 2.24. The van der Waals surface area contributed by atoms with Crippen LogP contribution in [0.2, 0.25) is 0 Å². The van der Waals surface area contributed by atoms with Crippen LogP contribution in [0.4, 0.5) is 0 Å². The lowest BCUT2D eigenvalue weighted by atomic mass is 9.97. The van der Waals surface area contributed by atoms with Gasteiger partial charge in [0.15, 0.2) is 0 Å².